The number of amides is 1. The molecule has 1 aliphatic heterocycles. The molecule has 29 heavy (non-hydrogen) atoms. The molecule has 5 heteroatoms. The van der Waals surface area contributed by atoms with E-state index in [2.05, 4.69) is 46.4 Å². The number of hydrogen-bond acceptors (Lipinski definition) is 4. The number of pyridine rings is 1. The van der Waals surface area contributed by atoms with Crippen LogP contribution in [0.4, 0.5) is 0 Å². The van der Waals surface area contributed by atoms with E-state index in [1.54, 1.807) is 18.0 Å². The van der Waals surface area contributed by atoms with Gasteiger partial charge in [0.15, 0.2) is 0 Å². The van der Waals surface area contributed by atoms with Crippen molar-refractivity contribution in [1.82, 2.24) is 15.2 Å². The summed E-state index contributed by atoms with van der Waals surface area (Å²) in [5, 5.41) is 4.78. The van der Waals surface area contributed by atoms with Crippen molar-refractivity contribution >= 4 is 17.7 Å². The third-order valence-corrected chi connectivity index (χ3v) is 7.36. The molecule has 0 bridgehead atoms. The highest BCUT2D eigenvalue weighted by Crippen LogP contribution is 2.35. The smallest absolute Gasteiger partial charge is 0.254 e. The fourth-order valence-corrected chi connectivity index (χ4v) is 5.68. The van der Waals surface area contributed by atoms with Gasteiger partial charge < -0.3 is 5.32 Å². The average Bonchev–Trinajstić information content (AvgIpc) is 3.23. The molecule has 1 aliphatic carbocycles. The Morgan fingerprint density at radius 1 is 1.14 bits per heavy atom. The molecule has 0 atom stereocenters. The topological polar surface area (TPSA) is 45.2 Å². The highest BCUT2D eigenvalue weighted by molar-refractivity contribution is 7.99. The van der Waals surface area contributed by atoms with Gasteiger partial charge in [-0.3, -0.25) is 9.69 Å². The molecule has 0 spiro atoms. The summed E-state index contributed by atoms with van der Waals surface area (Å²) in [7, 11) is 0. The number of aryl methyl sites for hydroxylation is 1. The van der Waals surface area contributed by atoms with Crippen LogP contribution in [0.2, 0.25) is 0 Å². The van der Waals surface area contributed by atoms with Crippen molar-refractivity contribution in [3.63, 3.8) is 0 Å². The summed E-state index contributed by atoms with van der Waals surface area (Å²) in [6, 6.07) is 12.8. The van der Waals surface area contributed by atoms with Gasteiger partial charge in [0.2, 0.25) is 0 Å². The third-order valence-electron chi connectivity index (χ3n) is 6.01. The second-order valence-electron chi connectivity index (χ2n) is 8.39. The fourth-order valence-electron chi connectivity index (χ4n) is 4.39. The molecule has 2 heterocycles. The number of hydrogen-bond donors (Lipinski definition) is 1. The van der Waals surface area contributed by atoms with E-state index in [9.17, 15) is 4.79 Å². The summed E-state index contributed by atoms with van der Waals surface area (Å²) in [5.41, 5.74) is 3.43. The second-order valence-corrected chi connectivity index (χ2v) is 9.68. The zero-order chi connectivity index (χ0) is 20.1. The van der Waals surface area contributed by atoms with Gasteiger partial charge >= 0.3 is 0 Å². The molecule has 2 fully saturated rings. The molecule has 0 radical (unpaired) electrons. The van der Waals surface area contributed by atoms with Crippen LogP contribution in [-0.2, 0) is 6.54 Å². The van der Waals surface area contributed by atoms with Gasteiger partial charge in [0, 0.05) is 37.1 Å². The van der Waals surface area contributed by atoms with E-state index in [1.165, 1.54) is 36.8 Å². The van der Waals surface area contributed by atoms with Gasteiger partial charge in [-0.1, -0.05) is 42.7 Å². The molecular weight excluding hydrogens is 378 g/mol. The maximum Gasteiger partial charge on any atom is 0.254 e. The monoisotopic (exact) mass is 409 g/mol. The van der Waals surface area contributed by atoms with E-state index in [0.717, 1.165) is 43.1 Å². The van der Waals surface area contributed by atoms with E-state index in [0.29, 0.717) is 5.25 Å². The number of nitrogens with zero attached hydrogens (tertiary/aromatic N) is 2. The van der Waals surface area contributed by atoms with E-state index in [-0.39, 0.29) is 11.9 Å². The van der Waals surface area contributed by atoms with Gasteiger partial charge in [0.05, 0.1) is 5.56 Å². The predicted molar refractivity (Wildman–Crippen MR) is 119 cm³/mol. The predicted octanol–water partition coefficient (Wildman–Crippen LogP) is 4.82. The Bertz CT molecular complexity index is 826. The summed E-state index contributed by atoms with van der Waals surface area (Å²) in [5.74, 6) is 0.0377. The van der Waals surface area contributed by atoms with Crippen LogP contribution in [0.15, 0.2) is 47.6 Å². The van der Waals surface area contributed by atoms with E-state index < -0.39 is 0 Å². The van der Waals surface area contributed by atoms with Crippen molar-refractivity contribution in [2.45, 2.75) is 68.3 Å². The van der Waals surface area contributed by atoms with Crippen LogP contribution in [0.5, 0.6) is 0 Å². The minimum absolute atomic E-state index is 0.0377. The number of likely N-dealkylation sites (tertiary alicyclic amines) is 1. The first kappa shape index (κ1) is 20.4. The molecule has 1 saturated carbocycles. The molecular formula is C24H31N3OS. The molecule has 1 N–H and O–H groups in total. The molecule has 4 rings (SSSR count). The quantitative estimate of drug-likeness (QED) is 0.743. The Morgan fingerprint density at radius 3 is 2.69 bits per heavy atom. The number of aromatic nitrogens is 1. The number of piperidine rings is 1. The van der Waals surface area contributed by atoms with Crippen LogP contribution < -0.4 is 5.32 Å². The first-order valence-electron chi connectivity index (χ1n) is 10.9. The maximum atomic E-state index is 12.9. The second kappa shape index (κ2) is 9.77. The van der Waals surface area contributed by atoms with Crippen LogP contribution in [-0.4, -0.2) is 40.2 Å². The van der Waals surface area contributed by atoms with Crippen molar-refractivity contribution in [2.75, 3.05) is 13.1 Å². The molecule has 1 aromatic heterocycles. The summed E-state index contributed by atoms with van der Waals surface area (Å²) in [6.07, 6.45) is 8.88. The Kier molecular flexibility index (Phi) is 6.88. The van der Waals surface area contributed by atoms with Crippen LogP contribution in [0.25, 0.3) is 0 Å². The number of benzene rings is 1. The van der Waals surface area contributed by atoms with Gasteiger partial charge in [-0.2, -0.15) is 0 Å². The molecule has 1 aromatic carbocycles. The molecule has 2 aliphatic rings. The maximum absolute atomic E-state index is 12.9. The van der Waals surface area contributed by atoms with Crippen LogP contribution >= 0.6 is 11.8 Å². The first-order chi connectivity index (χ1) is 14.2. The molecule has 1 saturated heterocycles. The summed E-state index contributed by atoms with van der Waals surface area (Å²) >= 11 is 1.79. The van der Waals surface area contributed by atoms with Crippen molar-refractivity contribution < 1.29 is 4.79 Å². The van der Waals surface area contributed by atoms with Gasteiger partial charge in [0.25, 0.3) is 5.91 Å². The van der Waals surface area contributed by atoms with Crippen LogP contribution in [0.3, 0.4) is 0 Å². The zero-order valence-corrected chi connectivity index (χ0v) is 18.1. The Morgan fingerprint density at radius 2 is 1.93 bits per heavy atom. The van der Waals surface area contributed by atoms with Gasteiger partial charge in [-0.25, -0.2) is 4.98 Å². The van der Waals surface area contributed by atoms with Crippen LogP contribution in [0, 0.1) is 6.92 Å². The van der Waals surface area contributed by atoms with Gasteiger partial charge in [0.1, 0.15) is 5.03 Å². The minimum Gasteiger partial charge on any atom is -0.349 e. The lowest BCUT2D eigenvalue weighted by atomic mass is 10.0. The number of thioether (sulfide) groups is 1. The molecule has 0 unspecified atom stereocenters. The Hall–Kier alpha value is -1.85. The molecule has 2 aromatic rings. The lowest BCUT2D eigenvalue weighted by Gasteiger charge is -2.32. The largest absolute Gasteiger partial charge is 0.349 e. The number of nitrogens with one attached hydrogen (secondary N) is 1. The number of carbonyl (C=O) groups excluding carboxylic acids is 1. The van der Waals surface area contributed by atoms with E-state index >= 15 is 0 Å². The van der Waals surface area contributed by atoms with Gasteiger partial charge in [-0.05, 0) is 50.3 Å². The lowest BCUT2D eigenvalue weighted by Crippen LogP contribution is -2.44. The number of rotatable bonds is 6. The summed E-state index contributed by atoms with van der Waals surface area (Å²) < 4.78 is 0. The number of carbonyl (C=O) groups is 1. The standard InChI is InChI=1S/C24H31N3OS/c1-18-6-4-7-19(16-18)17-27-14-11-20(12-15-27)26-23(28)22-10-5-13-25-24(22)29-21-8-2-3-9-21/h4-7,10,13,16,20-21H,2-3,8-9,11-12,14-15,17H2,1H3,(H,26,28). The molecule has 154 valence electrons. The normalized spacial score (nSPS) is 18.8. The Labute approximate surface area is 178 Å². The fraction of sp³-hybridized carbons (Fsp3) is 0.500. The minimum atomic E-state index is 0.0377. The van der Waals surface area contributed by atoms with E-state index in [4.69, 9.17) is 0 Å². The molecule has 4 nitrogen and oxygen atoms in total. The Balaban J connectivity index is 1.30. The average molecular weight is 410 g/mol. The summed E-state index contributed by atoms with van der Waals surface area (Å²) in [6.45, 7) is 5.18. The van der Waals surface area contributed by atoms with Crippen molar-refractivity contribution in [1.29, 1.82) is 0 Å². The highest BCUT2D eigenvalue weighted by Gasteiger charge is 2.24. The van der Waals surface area contributed by atoms with Crippen LogP contribution in [0.1, 0.15) is 60.0 Å². The zero-order valence-electron chi connectivity index (χ0n) is 17.3. The first-order valence-corrected chi connectivity index (χ1v) is 11.8. The summed E-state index contributed by atoms with van der Waals surface area (Å²) in [4.78, 5) is 19.9. The van der Waals surface area contributed by atoms with Crippen molar-refractivity contribution in [3.8, 4) is 0 Å². The molecule has 1 amide bonds. The van der Waals surface area contributed by atoms with Crippen molar-refractivity contribution in [2.24, 2.45) is 0 Å². The third kappa shape index (κ3) is 5.61. The van der Waals surface area contributed by atoms with E-state index in [1.807, 2.05) is 12.1 Å². The highest BCUT2D eigenvalue weighted by atomic mass is 32.2. The lowest BCUT2D eigenvalue weighted by molar-refractivity contribution is 0.0905. The SMILES string of the molecule is Cc1cccc(CN2CCC(NC(=O)c3cccnc3SC3CCCC3)CC2)c1. The van der Waals surface area contributed by atoms with Crippen molar-refractivity contribution in [3.05, 3.63) is 59.3 Å². The van der Waals surface area contributed by atoms with Gasteiger partial charge in [-0.15, -0.1) is 11.8 Å².